The summed E-state index contributed by atoms with van der Waals surface area (Å²) >= 11 is 0. The number of rotatable bonds is 4. The normalized spacial score (nSPS) is 23.8. The van der Waals surface area contributed by atoms with Crippen LogP contribution < -0.4 is 5.32 Å². The van der Waals surface area contributed by atoms with Crippen molar-refractivity contribution in [3.8, 4) is 0 Å². The highest BCUT2D eigenvalue weighted by Crippen LogP contribution is 2.27. The molecular weight excluding hydrogens is 246 g/mol. The van der Waals surface area contributed by atoms with Crippen LogP contribution in [0.4, 0.5) is 0 Å². The molecule has 5 nitrogen and oxygen atoms in total. The van der Waals surface area contributed by atoms with Gasteiger partial charge in [0.1, 0.15) is 5.76 Å². The molecule has 102 valence electrons. The quantitative estimate of drug-likeness (QED) is 0.815. The molecule has 0 radical (unpaired) electrons. The van der Waals surface area contributed by atoms with Gasteiger partial charge in [0.25, 0.3) is 0 Å². The fraction of sp³-hybridized carbons (Fsp3) is 0.429. The van der Waals surface area contributed by atoms with Crippen molar-refractivity contribution < 1.29 is 19.1 Å². The zero-order valence-corrected chi connectivity index (χ0v) is 10.7. The van der Waals surface area contributed by atoms with E-state index in [1.807, 2.05) is 19.1 Å². The van der Waals surface area contributed by atoms with Gasteiger partial charge < -0.3 is 14.8 Å². The van der Waals surface area contributed by atoms with E-state index < -0.39 is 17.8 Å². The van der Waals surface area contributed by atoms with Crippen LogP contribution in [0.1, 0.15) is 31.6 Å². The molecule has 1 aromatic rings. The molecule has 19 heavy (non-hydrogen) atoms. The number of carboxylic acids is 1. The lowest BCUT2D eigenvalue weighted by atomic mass is 9.82. The summed E-state index contributed by atoms with van der Waals surface area (Å²) in [6.45, 7) is 1.81. The molecule has 2 rings (SSSR count). The Labute approximate surface area is 111 Å². The SMILES string of the molecule is C[C@@H](NC(=O)C1CC=CCC1C(=O)O)c1ccco1. The Morgan fingerprint density at radius 2 is 2.05 bits per heavy atom. The minimum absolute atomic E-state index is 0.236. The third-order valence-electron chi connectivity index (χ3n) is 3.42. The second-order valence-electron chi connectivity index (χ2n) is 4.74. The molecule has 0 spiro atoms. The Balaban J connectivity index is 2.02. The molecule has 1 heterocycles. The Hall–Kier alpha value is -2.04. The monoisotopic (exact) mass is 263 g/mol. The molecular formula is C14H17NO4. The first-order valence-corrected chi connectivity index (χ1v) is 6.31. The van der Waals surface area contributed by atoms with Crippen molar-refractivity contribution in [2.24, 2.45) is 11.8 Å². The standard InChI is InChI=1S/C14H17NO4/c1-9(12-7-4-8-19-12)15-13(16)10-5-2-3-6-11(10)14(17)18/h2-4,7-11H,5-6H2,1H3,(H,15,16)(H,17,18)/t9-,10?,11?/m1/s1. The van der Waals surface area contributed by atoms with Gasteiger partial charge in [-0.3, -0.25) is 9.59 Å². The molecule has 2 unspecified atom stereocenters. The Kier molecular flexibility index (Phi) is 4.04. The molecule has 0 saturated heterocycles. The number of hydrogen-bond acceptors (Lipinski definition) is 3. The maximum Gasteiger partial charge on any atom is 0.307 e. The summed E-state index contributed by atoms with van der Waals surface area (Å²) in [6, 6.07) is 3.27. The molecule has 5 heteroatoms. The lowest BCUT2D eigenvalue weighted by Crippen LogP contribution is -2.39. The smallest absolute Gasteiger partial charge is 0.307 e. The molecule has 0 aliphatic heterocycles. The second kappa shape index (κ2) is 5.73. The van der Waals surface area contributed by atoms with Gasteiger partial charge in [-0.25, -0.2) is 0 Å². The maximum atomic E-state index is 12.2. The average molecular weight is 263 g/mol. The summed E-state index contributed by atoms with van der Waals surface area (Å²) in [4.78, 5) is 23.3. The first-order valence-electron chi connectivity index (χ1n) is 6.31. The van der Waals surface area contributed by atoms with Gasteiger partial charge in [0.15, 0.2) is 0 Å². The van der Waals surface area contributed by atoms with Crippen LogP contribution in [0.25, 0.3) is 0 Å². The van der Waals surface area contributed by atoms with Crippen molar-refractivity contribution in [3.05, 3.63) is 36.3 Å². The number of hydrogen-bond donors (Lipinski definition) is 2. The van der Waals surface area contributed by atoms with Gasteiger partial charge in [0.05, 0.1) is 24.1 Å². The van der Waals surface area contributed by atoms with Crippen molar-refractivity contribution in [1.82, 2.24) is 5.32 Å². The first-order chi connectivity index (χ1) is 9.09. The third-order valence-corrected chi connectivity index (χ3v) is 3.42. The molecule has 1 aromatic heterocycles. The number of furan rings is 1. The molecule has 0 saturated carbocycles. The molecule has 0 fully saturated rings. The summed E-state index contributed by atoms with van der Waals surface area (Å²) in [5.41, 5.74) is 0. The van der Waals surface area contributed by atoms with Crippen LogP contribution in [0.3, 0.4) is 0 Å². The number of nitrogens with one attached hydrogen (secondary N) is 1. The number of aliphatic carboxylic acids is 1. The number of allylic oxidation sites excluding steroid dienone is 2. The number of carbonyl (C=O) groups is 2. The van der Waals surface area contributed by atoms with Gasteiger partial charge in [0.2, 0.25) is 5.91 Å². The van der Waals surface area contributed by atoms with Crippen LogP contribution in [-0.2, 0) is 9.59 Å². The number of amides is 1. The topological polar surface area (TPSA) is 79.5 Å². The third kappa shape index (κ3) is 3.05. The Bertz CT molecular complexity index is 478. The molecule has 1 aliphatic rings. The van der Waals surface area contributed by atoms with Crippen LogP contribution >= 0.6 is 0 Å². The van der Waals surface area contributed by atoms with Gasteiger partial charge in [-0.05, 0) is 31.9 Å². The molecule has 2 N–H and O–H groups in total. The fourth-order valence-corrected chi connectivity index (χ4v) is 2.31. The molecule has 3 atom stereocenters. The second-order valence-corrected chi connectivity index (χ2v) is 4.74. The van der Waals surface area contributed by atoms with E-state index in [2.05, 4.69) is 5.32 Å². The van der Waals surface area contributed by atoms with E-state index in [1.165, 1.54) is 0 Å². The molecule has 1 amide bonds. The van der Waals surface area contributed by atoms with Gasteiger partial charge >= 0.3 is 5.97 Å². The zero-order valence-electron chi connectivity index (χ0n) is 10.7. The summed E-state index contributed by atoms with van der Waals surface area (Å²) < 4.78 is 5.21. The lowest BCUT2D eigenvalue weighted by Gasteiger charge is -2.25. The molecule has 0 bridgehead atoms. The van der Waals surface area contributed by atoms with Crippen LogP contribution in [0.2, 0.25) is 0 Å². The highest BCUT2D eigenvalue weighted by Gasteiger charge is 2.34. The van der Waals surface area contributed by atoms with Crippen molar-refractivity contribution in [2.75, 3.05) is 0 Å². The van der Waals surface area contributed by atoms with Gasteiger partial charge in [-0.2, -0.15) is 0 Å². The predicted molar refractivity (Wildman–Crippen MR) is 68.3 cm³/mol. The predicted octanol–water partition coefficient (Wildman–Crippen LogP) is 2.12. The molecule has 0 aromatic carbocycles. The fourth-order valence-electron chi connectivity index (χ4n) is 2.31. The van der Waals surface area contributed by atoms with E-state index in [0.29, 0.717) is 18.6 Å². The molecule has 1 aliphatic carbocycles. The van der Waals surface area contributed by atoms with Crippen molar-refractivity contribution in [3.63, 3.8) is 0 Å². The summed E-state index contributed by atoms with van der Waals surface area (Å²) in [6.07, 6.45) is 6.09. The minimum Gasteiger partial charge on any atom is -0.481 e. The minimum atomic E-state index is -0.921. The Morgan fingerprint density at radius 3 is 2.63 bits per heavy atom. The first kappa shape index (κ1) is 13.4. The van der Waals surface area contributed by atoms with Crippen molar-refractivity contribution in [1.29, 1.82) is 0 Å². The van der Waals surface area contributed by atoms with Gasteiger partial charge in [-0.1, -0.05) is 12.2 Å². The van der Waals surface area contributed by atoms with E-state index in [4.69, 9.17) is 9.52 Å². The van der Waals surface area contributed by atoms with Crippen LogP contribution in [0.5, 0.6) is 0 Å². The van der Waals surface area contributed by atoms with Gasteiger partial charge in [-0.15, -0.1) is 0 Å². The van der Waals surface area contributed by atoms with E-state index in [0.717, 1.165) is 0 Å². The highest BCUT2D eigenvalue weighted by atomic mass is 16.4. The lowest BCUT2D eigenvalue weighted by molar-refractivity contribution is -0.147. The Morgan fingerprint density at radius 1 is 1.37 bits per heavy atom. The van der Waals surface area contributed by atoms with Crippen LogP contribution in [-0.4, -0.2) is 17.0 Å². The van der Waals surface area contributed by atoms with E-state index in [9.17, 15) is 9.59 Å². The van der Waals surface area contributed by atoms with Crippen molar-refractivity contribution in [2.45, 2.75) is 25.8 Å². The summed E-state index contributed by atoms with van der Waals surface area (Å²) in [7, 11) is 0. The van der Waals surface area contributed by atoms with E-state index in [1.54, 1.807) is 18.4 Å². The highest BCUT2D eigenvalue weighted by molar-refractivity contribution is 5.85. The van der Waals surface area contributed by atoms with Crippen LogP contribution in [0, 0.1) is 11.8 Å². The van der Waals surface area contributed by atoms with E-state index >= 15 is 0 Å². The van der Waals surface area contributed by atoms with Crippen molar-refractivity contribution >= 4 is 11.9 Å². The zero-order chi connectivity index (χ0) is 13.8. The van der Waals surface area contributed by atoms with E-state index in [-0.39, 0.29) is 11.9 Å². The van der Waals surface area contributed by atoms with Gasteiger partial charge in [0, 0.05) is 0 Å². The summed E-state index contributed by atoms with van der Waals surface area (Å²) in [5, 5.41) is 12.0. The average Bonchev–Trinajstić information content (AvgIpc) is 2.92. The largest absolute Gasteiger partial charge is 0.481 e. The number of carbonyl (C=O) groups excluding carboxylic acids is 1. The number of carboxylic acid groups (broad SMARTS) is 1. The summed E-state index contributed by atoms with van der Waals surface area (Å²) in [5.74, 6) is -1.66. The van der Waals surface area contributed by atoms with Crippen LogP contribution in [0.15, 0.2) is 35.0 Å². The maximum absolute atomic E-state index is 12.2.